The van der Waals surface area contributed by atoms with E-state index in [0.29, 0.717) is 24.5 Å². The van der Waals surface area contributed by atoms with Gasteiger partial charge in [0.2, 0.25) is 0 Å². The molecule has 0 aliphatic carbocycles. The molecule has 1 rings (SSSR count). The summed E-state index contributed by atoms with van der Waals surface area (Å²) in [4.78, 5) is 0. The first-order chi connectivity index (χ1) is 6.70. The first-order valence-corrected chi connectivity index (χ1v) is 4.85. The molecule has 14 heavy (non-hydrogen) atoms. The van der Waals surface area contributed by atoms with Gasteiger partial charge in [0.25, 0.3) is 0 Å². The Bertz CT molecular complexity index is 312. The Hall–Kier alpha value is -0.860. The Kier molecular flexibility index (Phi) is 4.63. The standard InChI is InChI=1S/C11H13ClFN/c1-9(12)8-14-7-6-10-4-2-3-5-11(10)13/h2-5,14H,1,6-8H2. The molecule has 0 spiro atoms. The summed E-state index contributed by atoms with van der Waals surface area (Å²) in [6.45, 7) is 4.81. The molecule has 1 aromatic carbocycles. The molecule has 0 radical (unpaired) electrons. The SMILES string of the molecule is C=C(Cl)CNCCc1ccccc1F. The van der Waals surface area contributed by atoms with Gasteiger partial charge >= 0.3 is 0 Å². The smallest absolute Gasteiger partial charge is 0.126 e. The molecule has 0 bridgehead atoms. The van der Waals surface area contributed by atoms with Crippen LogP contribution in [-0.4, -0.2) is 13.1 Å². The van der Waals surface area contributed by atoms with Crippen molar-refractivity contribution in [3.63, 3.8) is 0 Å². The van der Waals surface area contributed by atoms with E-state index in [9.17, 15) is 4.39 Å². The number of hydrogen-bond acceptors (Lipinski definition) is 1. The van der Waals surface area contributed by atoms with E-state index >= 15 is 0 Å². The number of nitrogens with one attached hydrogen (secondary N) is 1. The van der Waals surface area contributed by atoms with Crippen molar-refractivity contribution in [2.75, 3.05) is 13.1 Å². The molecular formula is C11H13ClFN. The van der Waals surface area contributed by atoms with Gasteiger partial charge in [-0.15, -0.1) is 0 Å². The molecule has 0 amide bonds. The van der Waals surface area contributed by atoms with E-state index in [0.717, 1.165) is 5.56 Å². The Morgan fingerprint density at radius 1 is 1.43 bits per heavy atom. The fourth-order valence-electron chi connectivity index (χ4n) is 1.15. The van der Waals surface area contributed by atoms with Crippen LogP contribution in [-0.2, 0) is 6.42 Å². The van der Waals surface area contributed by atoms with E-state index in [1.165, 1.54) is 6.07 Å². The summed E-state index contributed by atoms with van der Waals surface area (Å²) < 4.78 is 13.1. The fourth-order valence-corrected chi connectivity index (χ4v) is 1.24. The van der Waals surface area contributed by atoms with Crippen LogP contribution in [0.5, 0.6) is 0 Å². The second kappa shape index (κ2) is 5.78. The van der Waals surface area contributed by atoms with Crippen LogP contribution in [0.25, 0.3) is 0 Å². The van der Waals surface area contributed by atoms with Crippen LogP contribution in [0.2, 0.25) is 0 Å². The largest absolute Gasteiger partial charge is 0.311 e. The second-order valence-electron chi connectivity index (χ2n) is 3.04. The van der Waals surface area contributed by atoms with E-state index in [1.54, 1.807) is 12.1 Å². The van der Waals surface area contributed by atoms with Gasteiger partial charge < -0.3 is 5.32 Å². The normalized spacial score (nSPS) is 10.1. The molecule has 0 unspecified atom stereocenters. The number of rotatable bonds is 5. The molecule has 3 heteroatoms. The van der Waals surface area contributed by atoms with Crippen LogP contribution < -0.4 is 5.32 Å². The highest BCUT2D eigenvalue weighted by molar-refractivity contribution is 6.29. The lowest BCUT2D eigenvalue weighted by atomic mass is 10.1. The molecule has 0 saturated heterocycles. The highest BCUT2D eigenvalue weighted by Crippen LogP contribution is 2.06. The second-order valence-corrected chi connectivity index (χ2v) is 3.57. The third kappa shape index (κ3) is 3.90. The molecule has 1 N–H and O–H groups in total. The molecule has 1 aromatic rings. The van der Waals surface area contributed by atoms with Crippen molar-refractivity contribution in [3.8, 4) is 0 Å². The monoisotopic (exact) mass is 213 g/mol. The zero-order valence-electron chi connectivity index (χ0n) is 7.89. The summed E-state index contributed by atoms with van der Waals surface area (Å²) in [7, 11) is 0. The third-order valence-electron chi connectivity index (χ3n) is 1.85. The molecule has 76 valence electrons. The maximum atomic E-state index is 13.1. The molecule has 0 aliphatic rings. The zero-order valence-corrected chi connectivity index (χ0v) is 8.65. The maximum absolute atomic E-state index is 13.1. The summed E-state index contributed by atoms with van der Waals surface area (Å²) in [5, 5.41) is 3.63. The topological polar surface area (TPSA) is 12.0 Å². The molecule has 0 aliphatic heterocycles. The average molecular weight is 214 g/mol. The Morgan fingerprint density at radius 2 is 2.14 bits per heavy atom. The molecule has 0 fully saturated rings. The maximum Gasteiger partial charge on any atom is 0.126 e. The van der Waals surface area contributed by atoms with Crippen molar-refractivity contribution in [2.45, 2.75) is 6.42 Å². The highest BCUT2D eigenvalue weighted by Gasteiger charge is 1.99. The molecule has 1 nitrogen and oxygen atoms in total. The van der Waals surface area contributed by atoms with Crippen molar-refractivity contribution in [1.82, 2.24) is 5.32 Å². The van der Waals surface area contributed by atoms with Gasteiger partial charge in [0.1, 0.15) is 5.82 Å². The van der Waals surface area contributed by atoms with Crippen LogP contribution in [0, 0.1) is 5.82 Å². The number of hydrogen-bond donors (Lipinski definition) is 1. The van der Waals surface area contributed by atoms with E-state index in [4.69, 9.17) is 11.6 Å². The lowest BCUT2D eigenvalue weighted by Gasteiger charge is -2.04. The quantitative estimate of drug-likeness (QED) is 0.742. The number of halogens is 2. The van der Waals surface area contributed by atoms with Gasteiger partial charge in [0, 0.05) is 11.6 Å². The summed E-state index contributed by atoms with van der Waals surface area (Å²) in [5.41, 5.74) is 0.722. The van der Waals surface area contributed by atoms with Crippen molar-refractivity contribution < 1.29 is 4.39 Å². The summed E-state index contributed by atoms with van der Waals surface area (Å²) in [6, 6.07) is 6.77. The fraction of sp³-hybridized carbons (Fsp3) is 0.273. The molecular weight excluding hydrogens is 201 g/mol. The van der Waals surface area contributed by atoms with Gasteiger partial charge in [-0.05, 0) is 24.6 Å². The Labute approximate surface area is 88.6 Å². The lowest BCUT2D eigenvalue weighted by Crippen LogP contribution is -2.18. The van der Waals surface area contributed by atoms with Crippen LogP contribution >= 0.6 is 11.6 Å². The van der Waals surface area contributed by atoms with Crippen LogP contribution in [0.15, 0.2) is 35.9 Å². The predicted molar refractivity (Wildman–Crippen MR) is 58.0 cm³/mol. The van der Waals surface area contributed by atoms with E-state index in [-0.39, 0.29) is 5.82 Å². The predicted octanol–water partition coefficient (Wildman–Crippen LogP) is 2.71. The average Bonchev–Trinajstić information content (AvgIpc) is 2.15. The third-order valence-corrected chi connectivity index (χ3v) is 1.98. The van der Waals surface area contributed by atoms with Gasteiger partial charge in [-0.25, -0.2) is 4.39 Å². The van der Waals surface area contributed by atoms with Gasteiger partial charge in [-0.3, -0.25) is 0 Å². The summed E-state index contributed by atoms with van der Waals surface area (Å²) in [6.07, 6.45) is 0.664. The van der Waals surface area contributed by atoms with Gasteiger partial charge in [-0.2, -0.15) is 0 Å². The first kappa shape index (κ1) is 11.2. The first-order valence-electron chi connectivity index (χ1n) is 4.47. The Balaban J connectivity index is 2.31. The zero-order chi connectivity index (χ0) is 10.4. The minimum absolute atomic E-state index is 0.154. The van der Waals surface area contributed by atoms with Crippen LogP contribution in [0.4, 0.5) is 4.39 Å². The molecule has 0 saturated carbocycles. The highest BCUT2D eigenvalue weighted by atomic mass is 35.5. The summed E-state index contributed by atoms with van der Waals surface area (Å²) >= 11 is 5.56. The van der Waals surface area contributed by atoms with Crippen molar-refractivity contribution >= 4 is 11.6 Å². The van der Waals surface area contributed by atoms with Gasteiger partial charge in [0.15, 0.2) is 0 Å². The molecule has 0 heterocycles. The summed E-state index contributed by atoms with van der Waals surface area (Å²) in [5.74, 6) is -0.154. The number of benzene rings is 1. The van der Waals surface area contributed by atoms with Crippen LogP contribution in [0.1, 0.15) is 5.56 Å². The van der Waals surface area contributed by atoms with Gasteiger partial charge in [0.05, 0.1) is 0 Å². The van der Waals surface area contributed by atoms with E-state index in [2.05, 4.69) is 11.9 Å². The van der Waals surface area contributed by atoms with Gasteiger partial charge in [-0.1, -0.05) is 36.4 Å². The van der Waals surface area contributed by atoms with Crippen molar-refractivity contribution in [1.29, 1.82) is 0 Å². The van der Waals surface area contributed by atoms with E-state index < -0.39 is 0 Å². The molecule has 0 aromatic heterocycles. The Morgan fingerprint density at radius 3 is 2.79 bits per heavy atom. The van der Waals surface area contributed by atoms with Crippen molar-refractivity contribution in [2.24, 2.45) is 0 Å². The molecule has 0 atom stereocenters. The minimum Gasteiger partial charge on any atom is -0.311 e. The minimum atomic E-state index is -0.154. The lowest BCUT2D eigenvalue weighted by molar-refractivity contribution is 0.602. The van der Waals surface area contributed by atoms with Crippen LogP contribution in [0.3, 0.4) is 0 Å². The van der Waals surface area contributed by atoms with E-state index in [1.807, 2.05) is 6.07 Å². The van der Waals surface area contributed by atoms with Crippen molar-refractivity contribution in [3.05, 3.63) is 47.3 Å².